The van der Waals surface area contributed by atoms with Crippen LogP contribution in [0.25, 0.3) is 0 Å². The lowest BCUT2D eigenvalue weighted by Crippen LogP contribution is -2.36. The van der Waals surface area contributed by atoms with Crippen molar-refractivity contribution in [2.24, 2.45) is 0 Å². The van der Waals surface area contributed by atoms with Crippen molar-refractivity contribution in [3.8, 4) is 0 Å². The number of likely N-dealkylation sites (tertiary alicyclic amines) is 1. The van der Waals surface area contributed by atoms with E-state index >= 15 is 0 Å². The van der Waals surface area contributed by atoms with E-state index in [0.29, 0.717) is 6.04 Å². The van der Waals surface area contributed by atoms with Gasteiger partial charge in [0.05, 0.1) is 0 Å². The van der Waals surface area contributed by atoms with Gasteiger partial charge in [-0.2, -0.15) is 0 Å². The second-order valence-electron chi connectivity index (χ2n) is 6.53. The lowest BCUT2D eigenvalue weighted by atomic mass is 9.87. The van der Waals surface area contributed by atoms with Crippen molar-refractivity contribution in [3.63, 3.8) is 0 Å². The van der Waals surface area contributed by atoms with Crippen molar-refractivity contribution in [2.45, 2.75) is 56.7 Å². The number of hydrogen-bond acceptors (Lipinski definition) is 2. The largest absolute Gasteiger partial charge is 0.310 e. The number of fused-ring (bicyclic) bond motifs is 1. The van der Waals surface area contributed by atoms with E-state index in [-0.39, 0.29) is 0 Å². The van der Waals surface area contributed by atoms with Crippen LogP contribution in [0.15, 0.2) is 24.3 Å². The van der Waals surface area contributed by atoms with Crippen LogP contribution >= 0.6 is 0 Å². The molecule has 1 aromatic carbocycles. The van der Waals surface area contributed by atoms with Gasteiger partial charge < -0.3 is 5.32 Å². The van der Waals surface area contributed by atoms with Crippen molar-refractivity contribution >= 4 is 0 Å². The summed E-state index contributed by atoms with van der Waals surface area (Å²) in [6, 6.07) is 11.4. The fraction of sp³-hybridized carbons (Fsp3) is 0.647. The van der Waals surface area contributed by atoms with E-state index in [2.05, 4.69) is 34.5 Å². The van der Waals surface area contributed by atoms with Crippen molar-refractivity contribution in [1.82, 2.24) is 10.2 Å². The van der Waals surface area contributed by atoms with Crippen molar-refractivity contribution in [3.05, 3.63) is 35.4 Å². The van der Waals surface area contributed by atoms with Gasteiger partial charge >= 0.3 is 0 Å². The molecular formula is C17H24N2. The Balaban J connectivity index is 1.48. The zero-order valence-electron chi connectivity index (χ0n) is 11.6. The number of aryl methyl sites for hydroxylation is 1. The highest BCUT2D eigenvalue weighted by molar-refractivity contribution is 5.32. The second kappa shape index (κ2) is 4.92. The summed E-state index contributed by atoms with van der Waals surface area (Å²) < 4.78 is 0. The molecule has 2 heteroatoms. The topological polar surface area (TPSA) is 15.3 Å². The summed E-state index contributed by atoms with van der Waals surface area (Å²) in [5.41, 5.74) is 3.21. The molecule has 1 saturated heterocycles. The smallest absolute Gasteiger partial charge is 0.0351 e. The molecule has 2 atom stereocenters. The lowest BCUT2D eigenvalue weighted by Gasteiger charge is -2.33. The molecule has 1 aromatic rings. The predicted molar refractivity (Wildman–Crippen MR) is 78.3 cm³/mol. The van der Waals surface area contributed by atoms with Gasteiger partial charge in [0.25, 0.3) is 0 Å². The van der Waals surface area contributed by atoms with Crippen LogP contribution in [0.3, 0.4) is 0 Å². The average molecular weight is 256 g/mol. The van der Waals surface area contributed by atoms with E-state index in [9.17, 15) is 0 Å². The SMILES string of the molecule is c1ccc2c(c1)CCCC2N1CCC(NC2CC2)C1. The van der Waals surface area contributed by atoms with Crippen LogP contribution in [-0.2, 0) is 6.42 Å². The van der Waals surface area contributed by atoms with Crippen LogP contribution in [0.4, 0.5) is 0 Å². The zero-order chi connectivity index (χ0) is 12.7. The number of nitrogens with zero attached hydrogens (tertiary/aromatic N) is 1. The minimum atomic E-state index is 0.691. The first-order chi connectivity index (χ1) is 9.40. The van der Waals surface area contributed by atoms with Crippen LogP contribution < -0.4 is 5.32 Å². The van der Waals surface area contributed by atoms with E-state index in [4.69, 9.17) is 0 Å². The Labute approximate surface area is 116 Å². The van der Waals surface area contributed by atoms with E-state index in [1.165, 1.54) is 51.6 Å². The van der Waals surface area contributed by atoms with Crippen molar-refractivity contribution < 1.29 is 0 Å². The van der Waals surface area contributed by atoms with Gasteiger partial charge in [-0.1, -0.05) is 24.3 Å². The molecule has 1 aliphatic heterocycles. The first kappa shape index (κ1) is 11.9. The summed E-state index contributed by atoms with van der Waals surface area (Å²) in [5.74, 6) is 0. The van der Waals surface area contributed by atoms with Gasteiger partial charge in [0.15, 0.2) is 0 Å². The maximum atomic E-state index is 3.80. The fourth-order valence-corrected chi connectivity index (χ4v) is 3.90. The molecule has 0 amide bonds. The van der Waals surface area contributed by atoms with E-state index in [0.717, 1.165) is 12.1 Å². The molecule has 1 N–H and O–H groups in total. The molecule has 2 nitrogen and oxygen atoms in total. The molecule has 1 saturated carbocycles. The Morgan fingerprint density at radius 3 is 2.79 bits per heavy atom. The van der Waals surface area contributed by atoms with Crippen molar-refractivity contribution in [1.29, 1.82) is 0 Å². The molecule has 2 aliphatic carbocycles. The molecule has 1 heterocycles. The van der Waals surface area contributed by atoms with Gasteiger partial charge in [0, 0.05) is 31.2 Å². The first-order valence-electron chi connectivity index (χ1n) is 7.98. The Bertz CT molecular complexity index is 452. The Morgan fingerprint density at radius 1 is 1.00 bits per heavy atom. The molecule has 0 radical (unpaired) electrons. The monoisotopic (exact) mass is 256 g/mol. The normalized spacial score (nSPS) is 31.4. The van der Waals surface area contributed by atoms with Gasteiger partial charge in [-0.25, -0.2) is 0 Å². The van der Waals surface area contributed by atoms with Gasteiger partial charge in [-0.15, -0.1) is 0 Å². The molecule has 4 rings (SSSR count). The number of hydrogen-bond donors (Lipinski definition) is 1. The molecule has 19 heavy (non-hydrogen) atoms. The summed E-state index contributed by atoms with van der Waals surface area (Å²) in [6.45, 7) is 2.54. The van der Waals surface area contributed by atoms with Crippen LogP contribution in [0.2, 0.25) is 0 Å². The minimum Gasteiger partial charge on any atom is -0.310 e. The highest BCUT2D eigenvalue weighted by Gasteiger charge is 2.33. The number of rotatable bonds is 3. The first-order valence-corrected chi connectivity index (χ1v) is 7.98. The summed E-state index contributed by atoms with van der Waals surface area (Å²) in [6.07, 6.45) is 8.15. The third kappa shape index (κ3) is 2.44. The minimum absolute atomic E-state index is 0.691. The molecule has 3 aliphatic rings. The average Bonchev–Trinajstić information content (AvgIpc) is 3.14. The van der Waals surface area contributed by atoms with Crippen LogP contribution in [0.1, 0.15) is 49.3 Å². The third-order valence-electron chi connectivity index (χ3n) is 5.05. The standard InChI is InChI=1S/C17H24N2/c1-2-6-16-13(4-1)5-3-7-17(16)19-11-10-15(12-19)18-14-8-9-14/h1-2,4,6,14-15,17-18H,3,5,7-12H2. The van der Waals surface area contributed by atoms with Gasteiger partial charge in [0.1, 0.15) is 0 Å². The fourth-order valence-electron chi connectivity index (χ4n) is 3.90. The maximum absolute atomic E-state index is 3.80. The molecule has 2 unspecified atom stereocenters. The summed E-state index contributed by atoms with van der Waals surface area (Å²) in [5, 5.41) is 3.80. The Hall–Kier alpha value is -0.860. The summed E-state index contributed by atoms with van der Waals surface area (Å²) in [4.78, 5) is 2.73. The van der Waals surface area contributed by atoms with E-state index in [1.807, 2.05) is 0 Å². The second-order valence-corrected chi connectivity index (χ2v) is 6.53. The van der Waals surface area contributed by atoms with Crippen molar-refractivity contribution in [2.75, 3.05) is 13.1 Å². The zero-order valence-corrected chi connectivity index (χ0v) is 11.6. The van der Waals surface area contributed by atoms with E-state index < -0.39 is 0 Å². The molecule has 0 spiro atoms. The predicted octanol–water partition coefficient (Wildman–Crippen LogP) is 2.89. The third-order valence-corrected chi connectivity index (χ3v) is 5.05. The summed E-state index contributed by atoms with van der Waals surface area (Å²) in [7, 11) is 0. The molecule has 0 aromatic heterocycles. The Morgan fingerprint density at radius 2 is 1.89 bits per heavy atom. The van der Waals surface area contributed by atoms with Crippen LogP contribution in [-0.4, -0.2) is 30.1 Å². The molecule has 2 fully saturated rings. The Kier molecular flexibility index (Phi) is 3.08. The van der Waals surface area contributed by atoms with Crippen LogP contribution in [0.5, 0.6) is 0 Å². The van der Waals surface area contributed by atoms with Gasteiger partial charge in [-0.3, -0.25) is 4.90 Å². The molecule has 102 valence electrons. The lowest BCUT2D eigenvalue weighted by molar-refractivity contribution is 0.216. The number of benzene rings is 1. The van der Waals surface area contributed by atoms with Crippen LogP contribution in [0, 0.1) is 0 Å². The highest BCUT2D eigenvalue weighted by Crippen LogP contribution is 2.36. The quantitative estimate of drug-likeness (QED) is 0.894. The van der Waals surface area contributed by atoms with Gasteiger partial charge in [-0.05, 0) is 49.7 Å². The molecular weight excluding hydrogens is 232 g/mol. The molecule has 0 bridgehead atoms. The number of nitrogens with one attached hydrogen (secondary N) is 1. The highest BCUT2D eigenvalue weighted by atomic mass is 15.2. The van der Waals surface area contributed by atoms with E-state index in [1.54, 1.807) is 11.1 Å². The maximum Gasteiger partial charge on any atom is 0.0351 e. The van der Waals surface area contributed by atoms with Gasteiger partial charge in [0.2, 0.25) is 0 Å². The summed E-state index contributed by atoms with van der Waals surface area (Å²) >= 11 is 0.